The largest absolute Gasteiger partial charge is 0.464 e. The fourth-order valence-electron chi connectivity index (χ4n) is 0.805. The Labute approximate surface area is 69.3 Å². The number of ether oxygens (including phenoxy) is 1. The van der Waals surface area contributed by atoms with E-state index in [4.69, 9.17) is 11.6 Å². The Morgan fingerprint density at radius 2 is 2.55 bits per heavy atom. The predicted molar refractivity (Wildman–Crippen MR) is 41.7 cm³/mol. The van der Waals surface area contributed by atoms with Crippen LogP contribution in [0.4, 0.5) is 0 Å². The zero-order valence-corrected chi connectivity index (χ0v) is 6.81. The minimum atomic E-state index is -0.384. The minimum absolute atomic E-state index is 0.313. The van der Waals surface area contributed by atoms with Gasteiger partial charge >= 0.3 is 5.97 Å². The van der Waals surface area contributed by atoms with Crippen molar-refractivity contribution in [3.63, 3.8) is 0 Å². The Morgan fingerprint density at radius 3 is 3.09 bits per heavy atom. The van der Waals surface area contributed by atoms with Crippen molar-refractivity contribution < 1.29 is 9.53 Å². The SMILES string of the molecule is COC(=O)c1[nH]ccc1CCl. The number of methoxy groups -OCH3 is 1. The molecule has 60 valence electrons. The number of carbonyl (C=O) groups excluding carboxylic acids is 1. The van der Waals surface area contributed by atoms with Crippen molar-refractivity contribution in [3.05, 3.63) is 23.5 Å². The standard InChI is InChI=1S/C7H8ClNO2/c1-11-7(10)6-5(4-8)2-3-9-6/h2-3,9H,4H2,1H3. The van der Waals surface area contributed by atoms with Crippen molar-refractivity contribution in [1.82, 2.24) is 4.98 Å². The van der Waals surface area contributed by atoms with Crippen LogP contribution in [0.25, 0.3) is 0 Å². The third-order valence-corrected chi connectivity index (χ3v) is 1.65. The Bertz CT molecular complexity index is 257. The first-order chi connectivity index (χ1) is 5.29. The molecular weight excluding hydrogens is 166 g/mol. The molecule has 0 spiro atoms. The lowest BCUT2D eigenvalue weighted by Crippen LogP contribution is -2.03. The lowest BCUT2D eigenvalue weighted by Gasteiger charge is -1.96. The van der Waals surface area contributed by atoms with E-state index in [1.165, 1.54) is 7.11 Å². The van der Waals surface area contributed by atoms with E-state index < -0.39 is 0 Å². The van der Waals surface area contributed by atoms with Gasteiger partial charge in [-0.05, 0) is 11.6 Å². The second-order valence-electron chi connectivity index (χ2n) is 2.00. The van der Waals surface area contributed by atoms with Crippen LogP contribution in [-0.2, 0) is 10.6 Å². The van der Waals surface area contributed by atoms with Crippen molar-refractivity contribution in [1.29, 1.82) is 0 Å². The number of halogens is 1. The first kappa shape index (κ1) is 8.14. The number of alkyl halides is 1. The smallest absolute Gasteiger partial charge is 0.354 e. The summed E-state index contributed by atoms with van der Waals surface area (Å²) in [5.74, 6) is -0.0702. The van der Waals surface area contributed by atoms with Crippen molar-refractivity contribution in [2.75, 3.05) is 7.11 Å². The van der Waals surface area contributed by atoms with Crippen LogP contribution in [-0.4, -0.2) is 18.1 Å². The van der Waals surface area contributed by atoms with Gasteiger partial charge in [0.15, 0.2) is 0 Å². The quantitative estimate of drug-likeness (QED) is 0.545. The molecule has 1 heterocycles. The Hall–Kier alpha value is -0.960. The predicted octanol–water partition coefficient (Wildman–Crippen LogP) is 1.54. The van der Waals surface area contributed by atoms with Crippen LogP contribution < -0.4 is 0 Å². The molecule has 0 atom stereocenters. The highest BCUT2D eigenvalue weighted by Crippen LogP contribution is 2.10. The molecule has 0 aliphatic carbocycles. The van der Waals surface area contributed by atoms with Gasteiger partial charge < -0.3 is 9.72 Å². The van der Waals surface area contributed by atoms with Gasteiger partial charge in [0, 0.05) is 12.1 Å². The zero-order valence-electron chi connectivity index (χ0n) is 6.06. The number of esters is 1. The molecule has 4 heteroatoms. The molecule has 0 aliphatic rings. The van der Waals surface area contributed by atoms with Crippen LogP contribution in [0, 0.1) is 0 Å². The van der Waals surface area contributed by atoms with Gasteiger partial charge in [0.25, 0.3) is 0 Å². The average Bonchev–Trinajstić information content (AvgIpc) is 2.50. The van der Waals surface area contributed by atoms with E-state index >= 15 is 0 Å². The molecule has 11 heavy (non-hydrogen) atoms. The van der Waals surface area contributed by atoms with Crippen molar-refractivity contribution in [3.8, 4) is 0 Å². The van der Waals surface area contributed by atoms with Crippen LogP contribution in [0.15, 0.2) is 12.3 Å². The van der Waals surface area contributed by atoms with Gasteiger partial charge in [-0.3, -0.25) is 0 Å². The molecular formula is C7H8ClNO2. The third-order valence-electron chi connectivity index (χ3n) is 1.37. The van der Waals surface area contributed by atoms with Crippen molar-refractivity contribution in [2.24, 2.45) is 0 Å². The molecule has 0 bridgehead atoms. The summed E-state index contributed by atoms with van der Waals surface area (Å²) >= 11 is 5.55. The first-order valence-electron chi connectivity index (χ1n) is 3.10. The summed E-state index contributed by atoms with van der Waals surface area (Å²) in [4.78, 5) is 13.7. The fourth-order valence-corrected chi connectivity index (χ4v) is 1.03. The van der Waals surface area contributed by atoms with Gasteiger partial charge in [-0.1, -0.05) is 0 Å². The zero-order chi connectivity index (χ0) is 8.27. The summed E-state index contributed by atoms with van der Waals surface area (Å²) in [5.41, 5.74) is 1.20. The Balaban J connectivity index is 2.92. The summed E-state index contributed by atoms with van der Waals surface area (Å²) in [6.45, 7) is 0. The molecule has 0 fully saturated rings. The summed E-state index contributed by atoms with van der Waals surface area (Å²) < 4.78 is 4.51. The summed E-state index contributed by atoms with van der Waals surface area (Å²) in [6, 6.07) is 1.75. The van der Waals surface area contributed by atoms with E-state index in [9.17, 15) is 4.79 Å². The molecule has 0 radical (unpaired) electrons. The first-order valence-corrected chi connectivity index (χ1v) is 3.63. The van der Waals surface area contributed by atoms with Gasteiger partial charge in [-0.2, -0.15) is 0 Å². The summed E-state index contributed by atoms with van der Waals surface area (Å²) in [5, 5.41) is 0. The number of rotatable bonds is 2. The molecule has 0 aliphatic heterocycles. The Kier molecular flexibility index (Phi) is 2.54. The lowest BCUT2D eigenvalue weighted by atomic mass is 10.3. The number of aromatic amines is 1. The molecule has 0 saturated heterocycles. The minimum Gasteiger partial charge on any atom is -0.464 e. The van der Waals surface area contributed by atoms with Gasteiger partial charge in [-0.15, -0.1) is 11.6 Å². The van der Waals surface area contributed by atoms with E-state index in [1.807, 2.05) is 0 Å². The van der Waals surface area contributed by atoms with Crippen LogP contribution in [0.2, 0.25) is 0 Å². The van der Waals surface area contributed by atoms with Gasteiger partial charge in [0.2, 0.25) is 0 Å². The Morgan fingerprint density at radius 1 is 1.82 bits per heavy atom. The highest BCUT2D eigenvalue weighted by atomic mass is 35.5. The maximum atomic E-state index is 10.9. The molecule has 3 nitrogen and oxygen atoms in total. The topological polar surface area (TPSA) is 42.1 Å². The van der Waals surface area contributed by atoms with E-state index in [2.05, 4.69) is 9.72 Å². The summed E-state index contributed by atoms with van der Waals surface area (Å²) in [6.07, 6.45) is 1.66. The fraction of sp³-hybridized carbons (Fsp3) is 0.286. The van der Waals surface area contributed by atoms with E-state index in [1.54, 1.807) is 12.3 Å². The number of carbonyl (C=O) groups is 1. The average molecular weight is 174 g/mol. The number of nitrogens with one attached hydrogen (secondary N) is 1. The van der Waals surface area contributed by atoms with Crippen LogP contribution >= 0.6 is 11.6 Å². The molecule has 0 aromatic carbocycles. The van der Waals surface area contributed by atoms with Crippen LogP contribution in [0.3, 0.4) is 0 Å². The third kappa shape index (κ3) is 1.54. The monoisotopic (exact) mass is 173 g/mol. The van der Waals surface area contributed by atoms with E-state index in [0.717, 1.165) is 5.56 Å². The van der Waals surface area contributed by atoms with Gasteiger partial charge in [0.05, 0.1) is 7.11 Å². The number of H-pyrrole nitrogens is 1. The molecule has 0 unspecified atom stereocenters. The maximum Gasteiger partial charge on any atom is 0.354 e. The molecule has 0 amide bonds. The molecule has 1 aromatic heterocycles. The summed E-state index contributed by atoms with van der Waals surface area (Å²) in [7, 11) is 1.33. The molecule has 1 rings (SSSR count). The number of hydrogen-bond donors (Lipinski definition) is 1. The van der Waals surface area contributed by atoms with Gasteiger partial charge in [-0.25, -0.2) is 4.79 Å². The highest BCUT2D eigenvalue weighted by Gasteiger charge is 2.10. The highest BCUT2D eigenvalue weighted by molar-refractivity contribution is 6.17. The van der Waals surface area contributed by atoms with Crippen molar-refractivity contribution in [2.45, 2.75) is 5.88 Å². The molecule has 0 saturated carbocycles. The number of aromatic nitrogens is 1. The number of hydrogen-bond acceptors (Lipinski definition) is 2. The van der Waals surface area contributed by atoms with Crippen molar-refractivity contribution >= 4 is 17.6 Å². The van der Waals surface area contributed by atoms with Crippen LogP contribution in [0.5, 0.6) is 0 Å². The lowest BCUT2D eigenvalue weighted by molar-refractivity contribution is 0.0594. The van der Waals surface area contributed by atoms with E-state index in [-0.39, 0.29) is 5.97 Å². The second-order valence-corrected chi connectivity index (χ2v) is 2.27. The van der Waals surface area contributed by atoms with Crippen LogP contribution in [0.1, 0.15) is 16.1 Å². The molecule has 1 aromatic rings. The van der Waals surface area contributed by atoms with Gasteiger partial charge in [0.1, 0.15) is 5.69 Å². The van der Waals surface area contributed by atoms with E-state index in [0.29, 0.717) is 11.6 Å². The normalized spacial score (nSPS) is 9.64. The maximum absolute atomic E-state index is 10.9. The molecule has 1 N–H and O–H groups in total. The second kappa shape index (κ2) is 3.44.